The highest BCUT2D eigenvalue weighted by Crippen LogP contribution is 2.25. The van der Waals surface area contributed by atoms with Gasteiger partial charge in [0.1, 0.15) is 5.41 Å². The molecule has 19 heavy (non-hydrogen) atoms. The van der Waals surface area contributed by atoms with E-state index in [-0.39, 0.29) is 5.91 Å². The van der Waals surface area contributed by atoms with Crippen LogP contribution < -0.4 is 5.32 Å². The molecule has 0 aliphatic carbocycles. The second-order valence-corrected chi connectivity index (χ2v) is 5.49. The number of piperidine rings is 1. The van der Waals surface area contributed by atoms with Crippen molar-refractivity contribution < 1.29 is 4.79 Å². The molecule has 0 unspecified atom stereocenters. The lowest BCUT2D eigenvalue weighted by molar-refractivity contribution is -0.128. The summed E-state index contributed by atoms with van der Waals surface area (Å²) in [5.74, 6) is 0.481. The van der Waals surface area contributed by atoms with Gasteiger partial charge in [0, 0.05) is 6.54 Å². The van der Waals surface area contributed by atoms with E-state index in [4.69, 9.17) is 0 Å². The molecular formula is C15H27N3O. The standard InChI is InChI=1S/C15H27N3O/c1-4-15(5-2,12-16)14(19)17-11-13-7-9-18(6-3)10-8-13/h13H,4-11H2,1-3H3,(H,17,19). The number of rotatable bonds is 6. The van der Waals surface area contributed by atoms with E-state index in [0.29, 0.717) is 18.8 Å². The topological polar surface area (TPSA) is 56.1 Å². The smallest absolute Gasteiger partial charge is 0.240 e. The highest BCUT2D eigenvalue weighted by molar-refractivity contribution is 5.85. The molecule has 1 rings (SSSR count). The largest absolute Gasteiger partial charge is 0.354 e. The molecule has 1 heterocycles. The van der Waals surface area contributed by atoms with Crippen LogP contribution in [0.1, 0.15) is 46.5 Å². The highest BCUT2D eigenvalue weighted by atomic mass is 16.2. The number of nitriles is 1. The van der Waals surface area contributed by atoms with Gasteiger partial charge >= 0.3 is 0 Å². The van der Waals surface area contributed by atoms with Crippen LogP contribution in [0.4, 0.5) is 0 Å². The van der Waals surface area contributed by atoms with Gasteiger partial charge in [0.15, 0.2) is 0 Å². The summed E-state index contributed by atoms with van der Waals surface area (Å²) in [6.45, 7) is 10.1. The zero-order valence-corrected chi connectivity index (χ0v) is 12.5. The van der Waals surface area contributed by atoms with Crippen LogP contribution in [0.15, 0.2) is 0 Å². The van der Waals surface area contributed by atoms with Gasteiger partial charge in [0.25, 0.3) is 0 Å². The molecule has 0 aromatic carbocycles. The van der Waals surface area contributed by atoms with E-state index in [2.05, 4.69) is 23.2 Å². The summed E-state index contributed by atoms with van der Waals surface area (Å²) >= 11 is 0. The number of nitrogens with one attached hydrogen (secondary N) is 1. The maximum absolute atomic E-state index is 12.2. The van der Waals surface area contributed by atoms with Gasteiger partial charge in [-0.05, 0) is 51.2 Å². The molecule has 1 amide bonds. The Kier molecular flexibility index (Phi) is 6.30. The van der Waals surface area contributed by atoms with Gasteiger partial charge in [-0.2, -0.15) is 5.26 Å². The van der Waals surface area contributed by atoms with E-state index in [1.54, 1.807) is 0 Å². The first kappa shape index (κ1) is 16.0. The Hall–Kier alpha value is -1.08. The van der Waals surface area contributed by atoms with Gasteiger partial charge in [-0.1, -0.05) is 20.8 Å². The van der Waals surface area contributed by atoms with Crippen LogP contribution in [0.5, 0.6) is 0 Å². The van der Waals surface area contributed by atoms with Crippen molar-refractivity contribution in [3.63, 3.8) is 0 Å². The predicted molar refractivity (Wildman–Crippen MR) is 76.5 cm³/mol. The van der Waals surface area contributed by atoms with Crippen LogP contribution in [0, 0.1) is 22.7 Å². The Morgan fingerprint density at radius 3 is 2.32 bits per heavy atom. The summed E-state index contributed by atoms with van der Waals surface area (Å²) in [4.78, 5) is 14.6. The quantitative estimate of drug-likeness (QED) is 0.800. The fourth-order valence-electron chi connectivity index (χ4n) is 2.69. The maximum atomic E-state index is 12.2. The molecule has 4 heteroatoms. The third kappa shape index (κ3) is 3.94. The van der Waals surface area contributed by atoms with Crippen molar-refractivity contribution in [2.24, 2.45) is 11.3 Å². The molecule has 0 spiro atoms. The van der Waals surface area contributed by atoms with Crippen molar-refractivity contribution in [2.45, 2.75) is 46.5 Å². The number of hydrogen-bond donors (Lipinski definition) is 1. The molecular weight excluding hydrogens is 238 g/mol. The molecule has 1 saturated heterocycles. The van der Waals surface area contributed by atoms with Crippen LogP contribution in [-0.4, -0.2) is 37.0 Å². The number of carbonyl (C=O) groups is 1. The van der Waals surface area contributed by atoms with Crippen LogP contribution in [0.2, 0.25) is 0 Å². The van der Waals surface area contributed by atoms with Crippen molar-refractivity contribution in [1.82, 2.24) is 10.2 Å². The molecule has 4 nitrogen and oxygen atoms in total. The SMILES string of the molecule is CCN1CCC(CNC(=O)C(C#N)(CC)CC)CC1. The second-order valence-electron chi connectivity index (χ2n) is 5.49. The van der Waals surface area contributed by atoms with Crippen molar-refractivity contribution in [2.75, 3.05) is 26.2 Å². The first-order valence-corrected chi connectivity index (χ1v) is 7.53. The molecule has 1 N–H and O–H groups in total. The minimum absolute atomic E-state index is 0.0853. The fraction of sp³-hybridized carbons (Fsp3) is 0.867. The number of likely N-dealkylation sites (tertiary alicyclic amines) is 1. The summed E-state index contributed by atoms with van der Waals surface area (Å²) < 4.78 is 0. The van der Waals surface area contributed by atoms with Crippen molar-refractivity contribution in [3.8, 4) is 6.07 Å². The summed E-state index contributed by atoms with van der Waals surface area (Å²) in [6.07, 6.45) is 3.46. The van der Waals surface area contributed by atoms with E-state index in [1.807, 2.05) is 13.8 Å². The molecule has 0 aromatic rings. The minimum atomic E-state index is -0.829. The number of amides is 1. The van der Waals surface area contributed by atoms with Gasteiger partial charge in [-0.15, -0.1) is 0 Å². The van der Waals surface area contributed by atoms with Crippen LogP contribution >= 0.6 is 0 Å². The zero-order valence-electron chi connectivity index (χ0n) is 12.5. The van der Waals surface area contributed by atoms with Crippen LogP contribution in [0.25, 0.3) is 0 Å². The lowest BCUT2D eigenvalue weighted by atomic mass is 9.83. The third-order valence-electron chi connectivity index (χ3n) is 4.56. The fourth-order valence-corrected chi connectivity index (χ4v) is 2.69. The molecule has 0 radical (unpaired) electrons. The highest BCUT2D eigenvalue weighted by Gasteiger charge is 2.35. The van der Waals surface area contributed by atoms with Crippen molar-refractivity contribution in [1.29, 1.82) is 5.26 Å². The van der Waals surface area contributed by atoms with Gasteiger partial charge in [-0.3, -0.25) is 4.79 Å². The Balaban J connectivity index is 2.41. The Morgan fingerprint density at radius 1 is 1.32 bits per heavy atom. The Morgan fingerprint density at radius 2 is 1.89 bits per heavy atom. The van der Waals surface area contributed by atoms with Gasteiger partial charge in [0.2, 0.25) is 5.91 Å². The third-order valence-corrected chi connectivity index (χ3v) is 4.56. The average Bonchev–Trinajstić information content (AvgIpc) is 2.48. The second kappa shape index (κ2) is 7.49. The summed E-state index contributed by atoms with van der Waals surface area (Å²) in [5, 5.41) is 12.2. The predicted octanol–water partition coefficient (Wildman–Crippen LogP) is 2.16. The number of hydrogen-bond acceptors (Lipinski definition) is 3. The van der Waals surface area contributed by atoms with Gasteiger partial charge in [-0.25, -0.2) is 0 Å². The molecule has 0 saturated carbocycles. The monoisotopic (exact) mass is 265 g/mol. The lowest BCUT2D eigenvalue weighted by Crippen LogP contribution is -2.43. The molecule has 1 fully saturated rings. The van der Waals surface area contributed by atoms with Crippen LogP contribution in [-0.2, 0) is 4.79 Å². The lowest BCUT2D eigenvalue weighted by Gasteiger charge is -2.32. The van der Waals surface area contributed by atoms with Crippen LogP contribution in [0.3, 0.4) is 0 Å². The number of carbonyl (C=O) groups excluding carboxylic acids is 1. The van der Waals surface area contributed by atoms with E-state index >= 15 is 0 Å². The molecule has 0 aromatic heterocycles. The average molecular weight is 265 g/mol. The summed E-state index contributed by atoms with van der Waals surface area (Å²) in [5.41, 5.74) is -0.829. The van der Waals surface area contributed by atoms with Crippen molar-refractivity contribution in [3.05, 3.63) is 0 Å². The Bertz CT molecular complexity index is 323. The summed E-state index contributed by atoms with van der Waals surface area (Å²) in [7, 11) is 0. The molecule has 1 aliphatic rings. The molecule has 0 atom stereocenters. The normalized spacial score (nSPS) is 18.0. The first-order valence-electron chi connectivity index (χ1n) is 7.53. The number of nitrogens with zero attached hydrogens (tertiary/aromatic N) is 2. The molecule has 0 bridgehead atoms. The first-order chi connectivity index (χ1) is 9.11. The van der Waals surface area contributed by atoms with Gasteiger partial charge < -0.3 is 10.2 Å². The maximum Gasteiger partial charge on any atom is 0.240 e. The van der Waals surface area contributed by atoms with Crippen molar-refractivity contribution >= 4 is 5.91 Å². The van der Waals surface area contributed by atoms with E-state index in [0.717, 1.165) is 39.0 Å². The van der Waals surface area contributed by atoms with Gasteiger partial charge in [0.05, 0.1) is 6.07 Å². The minimum Gasteiger partial charge on any atom is -0.354 e. The molecule has 1 aliphatic heterocycles. The van der Waals surface area contributed by atoms with E-state index in [1.165, 1.54) is 0 Å². The zero-order chi connectivity index (χ0) is 14.3. The Labute approximate surface area is 117 Å². The van der Waals surface area contributed by atoms with E-state index in [9.17, 15) is 10.1 Å². The molecule has 108 valence electrons. The van der Waals surface area contributed by atoms with E-state index < -0.39 is 5.41 Å². The summed E-state index contributed by atoms with van der Waals surface area (Å²) in [6, 6.07) is 2.20.